The molecule has 1 heterocycles. The van der Waals surface area contributed by atoms with E-state index in [1.165, 1.54) is 0 Å². The number of hydrogen-bond donors (Lipinski definition) is 1. The maximum absolute atomic E-state index is 11.7. The van der Waals surface area contributed by atoms with Crippen LogP contribution in [0.3, 0.4) is 0 Å². The molecule has 0 unspecified atom stereocenters. The summed E-state index contributed by atoms with van der Waals surface area (Å²) in [5.74, 6) is -0.666. The Bertz CT molecular complexity index is 541. The second-order valence-electron chi connectivity index (χ2n) is 6.81. The van der Waals surface area contributed by atoms with Gasteiger partial charge in [0.15, 0.2) is 5.78 Å². The normalized spacial score (nSPS) is 19.5. The van der Waals surface area contributed by atoms with E-state index in [9.17, 15) is 9.59 Å². The SMILES string of the molecule is C=C1/C(=C\C(=C/C)C(C)=O)C(C)(C)CN1CCCCCC(=O)O. The Morgan fingerprint density at radius 2 is 1.96 bits per heavy atom. The van der Waals surface area contributed by atoms with Crippen molar-refractivity contribution in [3.05, 3.63) is 35.6 Å². The Labute approximate surface area is 139 Å². The lowest BCUT2D eigenvalue weighted by Gasteiger charge is -2.20. The first-order valence-corrected chi connectivity index (χ1v) is 8.24. The number of ketones is 1. The molecule has 128 valence electrons. The molecule has 4 nitrogen and oxygen atoms in total. The van der Waals surface area contributed by atoms with Gasteiger partial charge >= 0.3 is 5.97 Å². The zero-order chi connectivity index (χ0) is 17.6. The van der Waals surface area contributed by atoms with E-state index >= 15 is 0 Å². The Morgan fingerprint density at radius 3 is 2.48 bits per heavy atom. The fraction of sp³-hybridized carbons (Fsp3) is 0.579. The molecule has 0 amide bonds. The number of hydrogen-bond acceptors (Lipinski definition) is 3. The molecule has 0 atom stereocenters. The van der Waals surface area contributed by atoms with Crippen LogP contribution >= 0.6 is 0 Å². The van der Waals surface area contributed by atoms with E-state index in [0.29, 0.717) is 0 Å². The summed E-state index contributed by atoms with van der Waals surface area (Å²) in [5.41, 5.74) is 2.78. The third kappa shape index (κ3) is 5.38. The molecule has 1 N–H and O–H groups in total. The summed E-state index contributed by atoms with van der Waals surface area (Å²) in [5, 5.41) is 8.66. The first-order chi connectivity index (χ1) is 10.7. The first-order valence-electron chi connectivity index (χ1n) is 8.24. The molecule has 1 fully saturated rings. The molecule has 23 heavy (non-hydrogen) atoms. The Hall–Kier alpha value is -1.84. The van der Waals surface area contributed by atoms with E-state index in [4.69, 9.17) is 5.11 Å². The summed E-state index contributed by atoms with van der Waals surface area (Å²) in [6.07, 6.45) is 6.62. The molecule has 0 radical (unpaired) electrons. The van der Waals surface area contributed by atoms with Crippen molar-refractivity contribution in [1.29, 1.82) is 0 Å². The van der Waals surface area contributed by atoms with Gasteiger partial charge in [-0.15, -0.1) is 0 Å². The van der Waals surface area contributed by atoms with Gasteiger partial charge in [-0.05, 0) is 38.3 Å². The molecule has 0 spiro atoms. The van der Waals surface area contributed by atoms with E-state index in [-0.39, 0.29) is 17.6 Å². The molecule has 0 aromatic carbocycles. The molecule has 0 saturated carbocycles. The van der Waals surface area contributed by atoms with Crippen molar-refractivity contribution in [2.24, 2.45) is 5.41 Å². The molecule has 0 bridgehead atoms. The Balaban J connectivity index is 2.71. The van der Waals surface area contributed by atoms with Crippen LogP contribution in [0, 0.1) is 5.41 Å². The van der Waals surface area contributed by atoms with Gasteiger partial charge in [0.25, 0.3) is 0 Å². The predicted octanol–water partition coefficient (Wildman–Crippen LogP) is 3.95. The van der Waals surface area contributed by atoms with Gasteiger partial charge in [0.05, 0.1) is 0 Å². The molecule has 1 rings (SSSR count). The number of carboxylic acids is 1. The predicted molar refractivity (Wildman–Crippen MR) is 93.1 cm³/mol. The van der Waals surface area contributed by atoms with Gasteiger partial charge in [0.2, 0.25) is 0 Å². The van der Waals surface area contributed by atoms with Gasteiger partial charge in [-0.2, -0.15) is 0 Å². The number of carboxylic acid groups (broad SMARTS) is 1. The van der Waals surface area contributed by atoms with Crippen LogP contribution in [0.4, 0.5) is 0 Å². The van der Waals surface area contributed by atoms with Crippen LogP contribution < -0.4 is 0 Å². The molecule has 4 heteroatoms. The van der Waals surface area contributed by atoms with E-state index < -0.39 is 5.97 Å². The van der Waals surface area contributed by atoms with Gasteiger partial charge in [0, 0.05) is 36.2 Å². The molecular weight excluding hydrogens is 290 g/mol. The second-order valence-corrected chi connectivity index (χ2v) is 6.81. The van der Waals surface area contributed by atoms with Crippen molar-refractivity contribution in [3.63, 3.8) is 0 Å². The quantitative estimate of drug-likeness (QED) is 0.543. The minimum Gasteiger partial charge on any atom is -0.481 e. The van der Waals surface area contributed by atoms with Gasteiger partial charge in [-0.3, -0.25) is 9.59 Å². The fourth-order valence-electron chi connectivity index (χ4n) is 3.01. The van der Waals surface area contributed by atoms with Crippen molar-refractivity contribution < 1.29 is 14.7 Å². The van der Waals surface area contributed by atoms with Crippen molar-refractivity contribution in [2.75, 3.05) is 13.1 Å². The molecule has 1 aliphatic rings. The lowest BCUT2D eigenvalue weighted by atomic mass is 9.85. The van der Waals surface area contributed by atoms with E-state index in [0.717, 1.165) is 49.2 Å². The minimum absolute atomic E-state index is 0.0398. The van der Waals surface area contributed by atoms with Crippen LogP contribution in [0.1, 0.15) is 53.4 Å². The van der Waals surface area contributed by atoms with Crippen LogP contribution in [0.25, 0.3) is 0 Å². The van der Waals surface area contributed by atoms with Crippen LogP contribution in [0.5, 0.6) is 0 Å². The van der Waals surface area contributed by atoms with Gasteiger partial charge < -0.3 is 10.0 Å². The average Bonchev–Trinajstić information content (AvgIpc) is 2.65. The van der Waals surface area contributed by atoms with E-state index in [1.807, 2.05) is 19.1 Å². The number of carbonyl (C=O) groups excluding carboxylic acids is 1. The standard InChI is InChI=1S/C19H29NO3/c1-6-16(15(3)21)12-17-14(2)20(13-19(17,4)5)11-9-7-8-10-18(22)23/h6,12H,2,7-11,13H2,1,3-5H3,(H,22,23)/b16-6+,17-12+. The molecule has 1 saturated heterocycles. The highest BCUT2D eigenvalue weighted by atomic mass is 16.4. The second kappa shape index (κ2) is 8.14. The molecule has 1 aliphatic heterocycles. The van der Waals surface area contributed by atoms with Crippen molar-refractivity contribution >= 4 is 11.8 Å². The summed E-state index contributed by atoms with van der Waals surface area (Å²) in [6, 6.07) is 0. The van der Waals surface area contributed by atoms with E-state index in [1.54, 1.807) is 6.92 Å². The fourth-order valence-corrected chi connectivity index (χ4v) is 3.01. The number of likely N-dealkylation sites (tertiary alicyclic amines) is 1. The summed E-state index contributed by atoms with van der Waals surface area (Å²) in [7, 11) is 0. The number of unbranched alkanes of at least 4 members (excludes halogenated alkanes) is 2. The van der Waals surface area contributed by atoms with Crippen LogP contribution in [0.15, 0.2) is 35.6 Å². The topological polar surface area (TPSA) is 57.6 Å². The summed E-state index contributed by atoms with van der Waals surface area (Å²) >= 11 is 0. The number of rotatable bonds is 8. The van der Waals surface area contributed by atoms with E-state index in [2.05, 4.69) is 25.3 Å². The third-order valence-corrected chi connectivity index (χ3v) is 4.34. The third-order valence-electron chi connectivity index (χ3n) is 4.34. The van der Waals surface area contributed by atoms with Gasteiger partial charge in [-0.1, -0.05) is 32.9 Å². The smallest absolute Gasteiger partial charge is 0.303 e. The summed E-state index contributed by atoms with van der Waals surface area (Å²) in [6.45, 7) is 13.8. The summed E-state index contributed by atoms with van der Waals surface area (Å²) < 4.78 is 0. The van der Waals surface area contributed by atoms with Crippen molar-refractivity contribution in [2.45, 2.75) is 53.4 Å². The lowest BCUT2D eigenvalue weighted by molar-refractivity contribution is -0.137. The lowest BCUT2D eigenvalue weighted by Crippen LogP contribution is -2.23. The Kier molecular flexibility index (Phi) is 6.79. The number of carbonyl (C=O) groups is 2. The largest absolute Gasteiger partial charge is 0.481 e. The van der Waals surface area contributed by atoms with Gasteiger partial charge in [-0.25, -0.2) is 0 Å². The number of aliphatic carboxylic acids is 1. The summed E-state index contributed by atoms with van der Waals surface area (Å²) in [4.78, 5) is 24.4. The molecule has 0 aliphatic carbocycles. The van der Waals surface area contributed by atoms with Crippen LogP contribution in [0.2, 0.25) is 0 Å². The monoisotopic (exact) mass is 319 g/mol. The highest BCUT2D eigenvalue weighted by Gasteiger charge is 2.36. The highest BCUT2D eigenvalue weighted by Crippen LogP contribution is 2.41. The minimum atomic E-state index is -0.731. The van der Waals surface area contributed by atoms with Crippen molar-refractivity contribution in [1.82, 2.24) is 4.90 Å². The Morgan fingerprint density at radius 1 is 1.30 bits per heavy atom. The maximum Gasteiger partial charge on any atom is 0.303 e. The molecule has 0 aromatic heterocycles. The number of Topliss-reactive ketones (excluding diaryl/α,β-unsaturated/α-hetero) is 1. The van der Waals surface area contributed by atoms with Crippen molar-refractivity contribution in [3.8, 4) is 0 Å². The highest BCUT2D eigenvalue weighted by molar-refractivity contribution is 5.96. The molecular formula is C19H29NO3. The first kappa shape index (κ1) is 19.2. The maximum atomic E-state index is 11.7. The molecule has 0 aromatic rings. The average molecular weight is 319 g/mol. The number of nitrogens with zero attached hydrogens (tertiary/aromatic N) is 1. The number of allylic oxidation sites excluding steroid dienone is 4. The zero-order valence-corrected chi connectivity index (χ0v) is 14.8. The van der Waals surface area contributed by atoms with Crippen LogP contribution in [-0.2, 0) is 9.59 Å². The van der Waals surface area contributed by atoms with Crippen LogP contribution in [-0.4, -0.2) is 34.8 Å². The van der Waals surface area contributed by atoms with Gasteiger partial charge in [0.1, 0.15) is 0 Å². The zero-order valence-electron chi connectivity index (χ0n) is 14.8.